The molecular formula is C10H11N3OS. The molecule has 2 heterocycles. The lowest BCUT2D eigenvalue weighted by Gasteiger charge is -2.06. The van der Waals surface area contributed by atoms with E-state index in [2.05, 4.69) is 16.6 Å². The lowest BCUT2D eigenvalue weighted by molar-refractivity contribution is 0.318. The molecule has 3 N–H and O–H groups in total. The zero-order valence-electron chi connectivity index (χ0n) is 8.00. The van der Waals surface area contributed by atoms with Crippen molar-refractivity contribution in [2.45, 2.75) is 6.54 Å². The van der Waals surface area contributed by atoms with Crippen molar-refractivity contribution in [3.05, 3.63) is 46.4 Å². The van der Waals surface area contributed by atoms with Gasteiger partial charge in [0.1, 0.15) is 0 Å². The maximum Gasteiger partial charge on any atom is 0.186 e. The first-order valence-corrected chi connectivity index (χ1v) is 5.39. The summed E-state index contributed by atoms with van der Waals surface area (Å²) < 4.78 is 1.94. The summed E-state index contributed by atoms with van der Waals surface area (Å²) in [4.78, 5) is 0. The summed E-state index contributed by atoms with van der Waals surface area (Å²) in [5.41, 5.74) is 7.49. The van der Waals surface area contributed by atoms with Crippen molar-refractivity contribution < 1.29 is 5.21 Å². The predicted octanol–water partition coefficient (Wildman–Crippen LogP) is 1.69. The van der Waals surface area contributed by atoms with Gasteiger partial charge in [0, 0.05) is 12.7 Å². The fourth-order valence-corrected chi connectivity index (χ4v) is 2.07. The predicted molar refractivity (Wildman–Crippen MR) is 60.4 cm³/mol. The molecular weight excluding hydrogens is 210 g/mol. The van der Waals surface area contributed by atoms with Crippen LogP contribution in [-0.4, -0.2) is 15.6 Å². The van der Waals surface area contributed by atoms with E-state index in [0.717, 1.165) is 12.2 Å². The van der Waals surface area contributed by atoms with E-state index >= 15 is 0 Å². The number of aromatic nitrogens is 1. The van der Waals surface area contributed by atoms with Gasteiger partial charge in [0.05, 0.1) is 5.69 Å². The highest BCUT2D eigenvalue weighted by Crippen LogP contribution is 2.10. The van der Waals surface area contributed by atoms with Crippen LogP contribution < -0.4 is 5.73 Å². The molecule has 0 radical (unpaired) electrons. The third-order valence-electron chi connectivity index (χ3n) is 2.13. The maximum atomic E-state index is 8.61. The van der Waals surface area contributed by atoms with Gasteiger partial charge in [0.2, 0.25) is 0 Å². The number of amidine groups is 1. The number of oxime groups is 1. The third kappa shape index (κ3) is 2.02. The van der Waals surface area contributed by atoms with Gasteiger partial charge in [-0.15, -0.1) is 0 Å². The van der Waals surface area contributed by atoms with E-state index < -0.39 is 0 Å². The number of nitrogens with zero attached hydrogens (tertiary/aromatic N) is 2. The van der Waals surface area contributed by atoms with E-state index in [4.69, 9.17) is 10.9 Å². The van der Waals surface area contributed by atoms with Crippen LogP contribution in [0.4, 0.5) is 0 Å². The lowest BCUT2D eigenvalue weighted by Crippen LogP contribution is -2.18. The normalized spacial score (nSPS) is 11.9. The minimum Gasteiger partial charge on any atom is -0.409 e. The summed E-state index contributed by atoms with van der Waals surface area (Å²) in [6.07, 6.45) is 1.91. The Bertz CT molecular complexity index is 459. The fourth-order valence-electron chi connectivity index (χ4n) is 1.42. The maximum absolute atomic E-state index is 8.61. The number of hydrogen-bond donors (Lipinski definition) is 2. The molecule has 0 unspecified atom stereocenters. The summed E-state index contributed by atoms with van der Waals surface area (Å²) in [6, 6.07) is 5.75. The van der Waals surface area contributed by atoms with E-state index in [0.29, 0.717) is 0 Å². The molecule has 0 aromatic carbocycles. The molecule has 2 aromatic heterocycles. The first kappa shape index (κ1) is 9.79. The largest absolute Gasteiger partial charge is 0.409 e. The highest BCUT2D eigenvalue weighted by molar-refractivity contribution is 7.07. The van der Waals surface area contributed by atoms with E-state index in [1.807, 2.05) is 28.3 Å². The molecule has 4 nitrogen and oxygen atoms in total. The number of nitrogens with two attached hydrogens (primary N) is 1. The van der Waals surface area contributed by atoms with Crippen molar-refractivity contribution in [2.24, 2.45) is 10.9 Å². The summed E-state index contributed by atoms with van der Waals surface area (Å²) in [6.45, 7) is 0.738. The van der Waals surface area contributed by atoms with Gasteiger partial charge in [-0.25, -0.2) is 0 Å². The molecule has 15 heavy (non-hydrogen) atoms. The molecule has 78 valence electrons. The van der Waals surface area contributed by atoms with Crippen molar-refractivity contribution in [3.8, 4) is 0 Å². The van der Waals surface area contributed by atoms with E-state index in [1.54, 1.807) is 11.3 Å². The standard InChI is InChI=1S/C10H11N3OS/c11-10(12-14)9-2-1-4-13(9)6-8-3-5-15-7-8/h1-5,7,14H,6H2,(H2,11,12). The van der Waals surface area contributed by atoms with Crippen LogP contribution in [0.15, 0.2) is 40.3 Å². The molecule has 0 fully saturated rings. The molecule has 0 aliphatic rings. The third-order valence-corrected chi connectivity index (χ3v) is 2.86. The Labute approximate surface area is 91.3 Å². The molecule has 2 rings (SSSR count). The first-order valence-electron chi connectivity index (χ1n) is 4.45. The van der Waals surface area contributed by atoms with Crippen LogP contribution >= 0.6 is 11.3 Å². The van der Waals surface area contributed by atoms with Crippen LogP contribution in [0.5, 0.6) is 0 Å². The van der Waals surface area contributed by atoms with Crippen molar-refractivity contribution in [1.29, 1.82) is 0 Å². The van der Waals surface area contributed by atoms with Gasteiger partial charge in [-0.1, -0.05) is 5.16 Å². The number of thiophene rings is 1. The molecule has 2 aromatic rings. The van der Waals surface area contributed by atoms with Crippen LogP contribution in [-0.2, 0) is 6.54 Å². The van der Waals surface area contributed by atoms with Crippen molar-refractivity contribution >= 4 is 17.2 Å². The van der Waals surface area contributed by atoms with Crippen LogP contribution in [0.2, 0.25) is 0 Å². The molecule has 0 aliphatic heterocycles. The second-order valence-electron chi connectivity index (χ2n) is 3.14. The Balaban J connectivity index is 2.26. The molecule has 0 spiro atoms. The van der Waals surface area contributed by atoms with Gasteiger partial charge in [-0.3, -0.25) is 0 Å². The van der Waals surface area contributed by atoms with Crippen molar-refractivity contribution in [3.63, 3.8) is 0 Å². The highest BCUT2D eigenvalue weighted by atomic mass is 32.1. The van der Waals surface area contributed by atoms with Gasteiger partial charge in [-0.05, 0) is 34.5 Å². The zero-order valence-corrected chi connectivity index (χ0v) is 8.81. The Morgan fingerprint density at radius 2 is 2.40 bits per heavy atom. The van der Waals surface area contributed by atoms with Crippen LogP contribution in [0.3, 0.4) is 0 Å². The van der Waals surface area contributed by atoms with Crippen molar-refractivity contribution in [2.75, 3.05) is 0 Å². The molecule has 0 atom stereocenters. The molecule has 0 amide bonds. The average molecular weight is 221 g/mol. The topological polar surface area (TPSA) is 63.5 Å². The summed E-state index contributed by atoms with van der Waals surface area (Å²) >= 11 is 1.66. The molecule has 5 heteroatoms. The lowest BCUT2D eigenvalue weighted by atomic mass is 10.3. The van der Waals surface area contributed by atoms with Crippen LogP contribution in [0.25, 0.3) is 0 Å². The van der Waals surface area contributed by atoms with Gasteiger partial charge in [0.25, 0.3) is 0 Å². The second kappa shape index (κ2) is 4.18. The minimum atomic E-state index is 0.134. The smallest absolute Gasteiger partial charge is 0.186 e. The molecule has 0 saturated carbocycles. The molecule has 0 aliphatic carbocycles. The van der Waals surface area contributed by atoms with Gasteiger partial charge in [0.15, 0.2) is 5.84 Å². The minimum absolute atomic E-state index is 0.134. The SMILES string of the molecule is N/C(=N/O)c1cccn1Cc1ccsc1. The molecule has 0 saturated heterocycles. The summed E-state index contributed by atoms with van der Waals surface area (Å²) in [5.74, 6) is 0.134. The van der Waals surface area contributed by atoms with E-state index in [-0.39, 0.29) is 5.84 Å². The van der Waals surface area contributed by atoms with Gasteiger partial charge < -0.3 is 15.5 Å². The monoisotopic (exact) mass is 221 g/mol. The van der Waals surface area contributed by atoms with Gasteiger partial charge in [-0.2, -0.15) is 11.3 Å². The van der Waals surface area contributed by atoms with Crippen molar-refractivity contribution in [1.82, 2.24) is 4.57 Å². The Morgan fingerprint density at radius 1 is 1.53 bits per heavy atom. The van der Waals surface area contributed by atoms with Gasteiger partial charge >= 0.3 is 0 Å². The van der Waals surface area contributed by atoms with E-state index in [9.17, 15) is 0 Å². The second-order valence-corrected chi connectivity index (χ2v) is 3.92. The van der Waals surface area contributed by atoms with E-state index in [1.165, 1.54) is 5.56 Å². The fraction of sp³-hybridized carbons (Fsp3) is 0.100. The van der Waals surface area contributed by atoms with Crippen LogP contribution in [0.1, 0.15) is 11.3 Å². The molecule has 0 bridgehead atoms. The summed E-state index contributed by atoms with van der Waals surface area (Å²) in [5, 5.41) is 15.7. The Morgan fingerprint density at radius 3 is 3.07 bits per heavy atom. The Kier molecular flexibility index (Phi) is 2.73. The summed E-state index contributed by atoms with van der Waals surface area (Å²) in [7, 11) is 0. The van der Waals surface area contributed by atoms with Crippen LogP contribution in [0, 0.1) is 0 Å². The zero-order chi connectivity index (χ0) is 10.7. The Hall–Kier alpha value is -1.75. The highest BCUT2D eigenvalue weighted by Gasteiger charge is 2.05. The quantitative estimate of drug-likeness (QED) is 0.358. The number of hydrogen-bond acceptors (Lipinski definition) is 3. The average Bonchev–Trinajstić information content (AvgIpc) is 2.88. The number of rotatable bonds is 3. The first-order chi connectivity index (χ1) is 7.31.